The van der Waals surface area contributed by atoms with Crippen LogP contribution in [0.2, 0.25) is 0 Å². The molecule has 0 radical (unpaired) electrons. The Balaban J connectivity index is 1.68. The Bertz CT molecular complexity index is 620. The van der Waals surface area contributed by atoms with Crippen molar-refractivity contribution in [2.24, 2.45) is 0 Å². The third-order valence-electron chi connectivity index (χ3n) is 4.15. The fourth-order valence-corrected chi connectivity index (χ4v) is 3.35. The molecule has 0 heterocycles. The van der Waals surface area contributed by atoms with Crippen LogP contribution >= 0.6 is 15.9 Å². The number of nitrogens with zero attached hydrogens (tertiary/aromatic N) is 1. The molecule has 1 atom stereocenters. The third-order valence-corrected chi connectivity index (χ3v) is 4.64. The van der Waals surface area contributed by atoms with Gasteiger partial charge in [0.15, 0.2) is 0 Å². The SMILES string of the molecule is CN(C)c1ccc(NC2CCc3cc(Br)ccc3C2)cc1. The molecule has 0 fully saturated rings. The summed E-state index contributed by atoms with van der Waals surface area (Å²) in [6.07, 6.45) is 3.46. The molecule has 0 spiro atoms. The summed E-state index contributed by atoms with van der Waals surface area (Å²) in [5.74, 6) is 0. The molecule has 110 valence electrons. The first-order chi connectivity index (χ1) is 10.1. The van der Waals surface area contributed by atoms with Crippen molar-refractivity contribution < 1.29 is 0 Å². The fraction of sp³-hybridized carbons (Fsp3) is 0.333. The lowest BCUT2D eigenvalue weighted by Gasteiger charge is -2.27. The Morgan fingerprint density at radius 1 is 1.05 bits per heavy atom. The predicted octanol–water partition coefficient (Wildman–Crippen LogP) is 4.48. The zero-order valence-electron chi connectivity index (χ0n) is 12.6. The van der Waals surface area contributed by atoms with Gasteiger partial charge in [0.25, 0.3) is 0 Å². The van der Waals surface area contributed by atoms with Gasteiger partial charge in [0, 0.05) is 36.0 Å². The van der Waals surface area contributed by atoms with Gasteiger partial charge in [-0.05, 0) is 66.8 Å². The van der Waals surface area contributed by atoms with Gasteiger partial charge >= 0.3 is 0 Å². The van der Waals surface area contributed by atoms with E-state index in [0.717, 1.165) is 12.8 Å². The highest BCUT2D eigenvalue weighted by Crippen LogP contribution is 2.27. The average Bonchev–Trinajstić information content (AvgIpc) is 2.48. The number of aryl methyl sites for hydroxylation is 1. The van der Waals surface area contributed by atoms with E-state index in [1.807, 2.05) is 0 Å². The van der Waals surface area contributed by atoms with Crippen LogP contribution in [0.5, 0.6) is 0 Å². The zero-order valence-corrected chi connectivity index (χ0v) is 14.2. The summed E-state index contributed by atoms with van der Waals surface area (Å²) in [5, 5.41) is 3.67. The average molecular weight is 345 g/mol. The van der Waals surface area contributed by atoms with Crippen molar-refractivity contribution in [2.45, 2.75) is 25.3 Å². The lowest BCUT2D eigenvalue weighted by molar-refractivity contribution is 0.610. The van der Waals surface area contributed by atoms with Crippen molar-refractivity contribution in [1.29, 1.82) is 0 Å². The number of anilines is 2. The van der Waals surface area contributed by atoms with Crippen LogP contribution in [0.4, 0.5) is 11.4 Å². The molecule has 1 unspecified atom stereocenters. The maximum Gasteiger partial charge on any atom is 0.0362 e. The van der Waals surface area contributed by atoms with Gasteiger partial charge in [-0.1, -0.05) is 22.0 Å². The van der Waals surface area contributed by atoms with Gasteiger partial charge < -0.3 is 10.2 Å². The minimum Gasteiger partial charge on any atom is -0.382 e. The summed E-state index contributed by atoms with van der Waals surface area (Å²) >= 11 is 3.56. The molecule has 1 N–H and O–H groups in total. The van der Waals surface area contributed by atoms with E-state index >= 15 is 0 Å². The first-order valence-electron chi connectivity index (χ1n) is 7.43. The molecular weight excluding hydrogens is 324 g/mol. The van der Waals surface area contributed by atoms with Crippen LogP contribution in [0, 0.1) is 0 Å². The quantitative estimate of drug-likeness (QED) is 0.882. The molecule has 1 aliphatic rings. The second-order valence-electron chi connectivity index (χ2n) is 5.94. The summed E-state index contributed by atoms with van der Waals surface area (Å²) in [7, 11) is 4.14. The number of benzene rings is 2. The smallest absolute Gasteiger partial charge is 0.0362 e. The van der Waals surface area contributed by atoms with Gasteiger partial charge in [0.1, 0.15) is 0 Å². The van der Waals surface area contributed by atoms with E-state index in [1.165, 1.54) is 33.4 Å². The number of nitrogens with one attached hydrogen (secondary N) is 1. The van der Waals surface area contributed by atoms with Crippen LogP contribution in [0.15, 0.2) is 46.9 Å². The minimum absolute atomic E-state index is 0.531. The Morgan fingerprint density at radius 2 is 1.81 bits per heavy atom. The monoisotopic (exact) mass is 344 g/mol. The summed E-state index contributed by atoms with van der Waals surface area (Å²) in [6.45, 7) is 0. The van der Waals surface area contributed by atoms with Gasteiger partial charge in [-0.2, -0.15) is 0 Å². The van der Waals surface area contributed by atoms with E-state index in [-0.39, 0.29) is 0 Å². The molecule has 0 aliphatic heterocycles. The van der Waals surface area contributed by atoms with E-state index in [2.05, 4.69) is 82.7 Å². The van der Waals surface area contributed by atoms with Gasteiger partial charge in [-0.25, -0.2) is 0 Å². The largest absolute Gasteiger partial charge is 0.382 e. The fourth-order valence-electron chi connectivity index (χ4n) is 2.94. The highest BCUT2D eigenvalue weighted by molar-refractivity contribution is 9.10. The zero-order chi connectivity index (χ0) is 14.8. The Kier molecular flexibility index (Phi) is 4.20. The molecule has 2 aromatic rings. The van der Waals surface area contributed by atoms with Crippen LogP contribution in [-0.4, -0.2) is 20.1 Å². The number of hydrogen-bond donors (Lipinski definition) is 1. The molecule has 0 saturated carbocycles. The number of rotatable bonds is 3. The molecule has 0 amide bonds. The Labute approximate surface area is 135 Å². The Hall–Kier alpha value is -1.48. The molecule has 0 aromatic heterocycles. The summed E-state index contributed by atoms with van der Waals surface area (Å²) in [4.78, 5) is 2.12. The predicted molar refractivity (Wildman–Crippen MR) is 94.3 cm³/mol. The van der Waals surface area contributed by atoms with E-state index < -0.39 is 0 Å². The van der Waals surface area contributed by atoms with E-state index in [9.17, 15) is 0 Å². The normalized spacial score (nSPS) is 17.2. The van der Waals surface area contributed by atoms with Crippen molar-refractivity contribution in [3.63, 3.8) is 0 Å². The van der Waals surface area contributed by atoms with Crippen LogP contribution in [-0.2, 0) is 12.8 Å². The molecule has 0 saturated heterocycles. The van der Waals surface area contributed by atoms with Crippen LogP contribution < -0.4 is 10.2 Å². The maximum absolute atomic E-state index is 3.67. The maximum atomic E-state index is 3.67. The van der Waals surface area contributed by atoms with Crippen molar-refractivity contribution in [1.82, 2.24) is 0 Å². The standard InChI is InChI=1S/C18H21BrN2/c1-21(2)18-9-7-16(8-10-18)20-17-6-4-13-11-15(19)5-3-14(13)12-17/h3,5,7-11,17,20H,4,6,12H2,1-2H3. The van der Waals surface area contributed by atoms with Crippen molar-refractivity contribution in [3.8, 4) is 0 Å². The number of fused-ring (bicyclic) bond motifs is 1. The first-order valence-corrected chi connectivity index (χ1v) is 8.22. The molecule has 21 heavy (non-hydrogen) atoms. The van der Waals surface area contributed by atoms with E-state index in [0.29, 0.717) is 6.04 Å². The minimum atomic E-state index is 0.531. The van der Waals surface area contributed by atoms with Gasteiger partial charge in [0.2, 0.25) is 0 Å². The van der Waals surface area contributed by atoms with Crippen LogP contribution in [0.3, 0.4) is 0 Å². The van der Waals surface area contributed by atoms with Gasteiger partial charge in [-0.15, -0.1) is 0 Å². The molecule has 0 bridgehead atoms. The highest BCUT2D eigenvalue weighted by atomic mass is 79.9. The lowest BCUT2D eigenvalue weighted by Crippen LogP contribution is -2.27. The third kappa shape index (κ3) is 3.41. The Morgan fingerprint density at radius 3 is 2.52 bits per heavy atom. The number of hydrogen-bond acceptors (Lipinski definition) is 2. The second-order valence-corrected chi connectivity index (χ2v) is 6.85. The second kappa shape index (κ2) is 6.10. The van der Waals surface area contributed by atoms with Gasteiger partial charge in [0.05, 0.1) is 0 Å². The number of halogens is 1. The molecule has 2 aromatic carbocycles. The van der Waals surface area contributed by atoms with E-state index in [1.54, 1.807) is 0 Å². The molecule has 3 heteroatoms. The molecular formula is C18H21BrN2. The van der Waals surface area contributed by atoms with Crippen molar-refractivity contribution >= 4 is 27.3 Å². The molecule has 3 rings (SSSR count). The van der Waals surface area contributed by atoms with Crippen LogP contribution in [0.25, 0.3) is 0 Å². The van der Waals surface area contributed by atoms with Crippen LogP contribution in [0.1, 0.15) is 17.5 Å². The van der Waals surface area contributed by atoms with Gasteiger partial charge in [-0.3, -0.25) is 0 Å². The summed E-state index contributed by atoms with van der Waals surface area (Å²) in [6, 6.07) is 15.9. The summed E-state index contributed by atoms with van der Waals surface area (Å²) in [5.41, 5.74) is 5.42. The first kappa shape index (κ1) is 14.5. The summed E-state index contributed by atoms with van der Waals surface area (Å²) < 4.78 is 1.19. The lowest BCUT2D eigenvalue weighted by atomic mass is 9.88. The highest BCUT2D eigenvalue weighted by Gasteiger charge is 2.18. The topological polar surface area (TPSA) is 15.3 Å². The molecule has 1 aliphatic carbocycles. The van der Waals surface area contributed by atoms with E-state index in [4.69, 9.17) is 0 Å². The van der Waals surface area contributed by atoms with Crippen molar-refractivity contribution in [3.05, 3.63) is 58.1 Å². The van der Waals surface area contributed by atoms with Crippen molar-refractivity contribution in [2.75, 3.05) is 24.3 Å². The molecule has 2 nitrogen and oxygen atoms in total.